The number of rotatable bonds is 4. The fourth-order valence-corrected chi connectivity index (χ4v) is 1.17. The van der Waals surface area contributed by atoms with Crippen molar-refractivity contribution in [2.45, 2.75) is 0 Å². The second-order valence-electron chi connectivity index (χ2n) is 2.67. The van der Waals surface area contributed by atoms with Crippen LogP contribution in [0.2, 0.25) is 0 Å². The minimum atomic E-state index is -0.120. The molecule has 0 heterocycles. The Kier molecular flexibility index (Phi) is 3.76. The molecule has 0 saturated heterocycles. The van der Waals surface area contributed by atoms with Crippen LogP contribution in [-0.4, -0.2) is 24.3 Å². The highest BCUT2D eigenvalue weighted by Gasteiger charge is 2.03. The lowest BCUT2D eigenvalue weighted by Crippen LogP contribution is -1.93. The van der Waals surface area contributed by atoms with E-state index in [1.807, 2.05) is 0 Å². The van der Waals surface area contributed by atoms with Gasteiger partial charge in [-0.05, 0) is 5.56 Å². The van der Waals surface area contributed by atoms with E-state index < -0.39 is 0 Å². The van der Waals surface area contributed by atoms with Gasteiger partial charge in [-0.25, -0.2) is 0 Å². The monoisotopic (exact) mass is 190 g/mol. The quantitative estimate of drug-likeness (QED) is 0.728. The van der Waals surface area contributed by atoms with E-state index in [-0.39, 0.29) is 6.61 Å². The molecule has 1 rings (SSSR count). The normalized spacial score (nSPS) is 10.4. The third-order valence-corrected chi connectivity index (χ3v) is 1.82. The topological polar surface area (TPSA) is 54.4 Å². The molecule has 0 bridgehead atoms. The van der Waals surface area contributed by atoms with E-state index in [1.165, 1.54) is 6.08 Å². The van der Waals surface area contributed by atoms with Crippen molar-refractivity contribution < 1.29 is 14.7 Å². The van der Waals surface area contributed by atoms with Crippen LogP contribution < -0.4 is 0 Å². The standard InChI is InChI=1S/C11H10O3/c12-6-2-5-11-9(7-13)3-1-4-10(11)8-14/h1-5,7-8,12H,6H2. The number of aldehydes is 2. The molecule has 0 saturated carbocycles. The average molecular weight is 190 g/mol. The zero-order chi connectivity index (χ0) is 10.4. The summed E-state index contributed by atoms with van der Waals surface area (Å²) in [5, 5.41) is 8.59. The SMILES string of the molecule is O=Cc1cccc(C=O)c1C=CCO. The first-order valence-electron chi connectivity index (χ1n) is 4.14. The van der Waals surface area contributed by atoms with Crippen molar-refractivity contribution in [2.75, 3.05) is 6.61 Å². The zero-order valence-corrected chi connectivity index (χ0v) is 7.51. The molecular weight excluding hydrogens is 180 g/mol. The molecule has 0 radical (unpaired) electrons. The summed E-state index contributed by atoms with van der Waals surface area (Å²) in [4.78, 5) is 21.3. The summed E-state index contributed by atoms with van der Waals surface area (Å²) in [6.45, 7) is -0.120. The van der Waals surface area contributed by atoms with E-state index in [4.69, 9.17) is 5.11 Å². The minimum Gasteiger partial charge on any atom is -0.392 e. The third kappa shape index (κ3) is 2.14. The molecule has 0 spiro atoms. The number of hydrogen-bond acceptors (Lipinski definition) is 3. The van der Waals surface area contributed by atoms with Gasteiger partial charge in [0.15, 0.2) is 12.6 Å². The third-order valence-electron chi connectivity index (χ3n) is 1.82. The summed E-state index contributed by atoms with van der Waals surface area (Å²) in [7, 11) is 0. The molecule has 0 fully saturated rings. The Morgan fingerprint density at radius 2 is 1.71 bits per heavy atom. The smallest absolute Gasteiger partial charge is 0.150 e. The number of aliphatic hydroxyl groups is 1. The van der Waals surface area contributed by atoms with E-state index in [0.717, 1.165) is 0 Å². The fourth-order valence-electron chi connectivity index (χ4n) is 1.17. The van der Waals surface area contributed by atoms with E-state index in [0.29, 0.717) is 29.3 Å². The lowest BCUT2D eigenvalue weighted by molar-refractivity contribution is 0.112. The van der Waals surface area contributed by atoms with Gasteiger partial charge in [-0.1, -0.05) is 30.4 Å². The Morgan fingerprint density at radius 1 is 1.14 bits per heavy atom. The van der Waals surface area contributed by atoms with Crippen molar-refractivity contribution in [3.63, 3.8) is 0 Å². The summed E-state index contributed by atoms with van der Waals surface area (Å²) in [5.74, 6) is 0. The van der Waals surface area contributed by atoms with Crippen LogP contribution in [0.3, 0.4) is 0 Å². The van der Waals surface area contributed by atoms with E-state index >= 15 is 0 Å². The molecule has 1 N–H and O–H groups in total. The predicted molar refractivity (Wildman–Crippen MR) is 53.3 cm³/mol. The number of hydrogen-bond donors (Lipinski definition) is 1. The van der Waals surface area contributed by atoms with Gasteiger partial charge in [-0.3, -0.25) is 9.59 Å². The van der Waals surface area contributed by atoms with Gasteiger partial charge >= 0.3 is 0 Å². The maximum atomic E-state index is 10.6. The molecule has 1 aromatic carbocycles. The van der Waals surface area contributed by atoms with Crippen LogP contribution in [0, 0.1) is 0 Å². The van der Waals surface area contributed by atoms with Gasteiger partial charge in [0.2, 0.25) is 0 Å². The van der Waals surface area contributed by atoms with E-state index in [9.17, 15) is 9.59 Å². The molecule has 3 nitrogen and oxygen atoms in total. The van der Waals surface area contributed by atoms with E-state index in [2.05, 4.69) is 0 Å². The van der Waals surface area contributed by atoms with Gasteiger partial charge in [0.25, 0.3) is 0 Å². The van der Waals surface area contributed by atoms with Crippen LogP contribution in [0.1, 0.15) is 26.3 Å². The molecule has 0 atom stereocenters. The maximum Gasteiger partial charge on any atom is 0.150 e. The first-order chi connectivity index (χ1) is 6.83. The molecule has 0 aliphatic heterocycles. The molecule has 0 aliphatic carbocycles. The lowest BCUT2D eigenvalue weighted by atomic mass is 10.0. The van der Waals surface area contributed by atoms with Gasteiger partial charge in [0, 0.05) is 11.1 Å². The molecule has 14 heavy (non-hydrogen) atoms. The number of aliphatic hydroxyl groups excluding tert-OH is 1. The van der Waals surface area contributed by atoms with Crippen LogP contribution in [0.5, 0.6) is 0 Å². The largest absolute Gasteiger partial charge is 0.392 e. The number of benzene rings is 1. The Balaban J connectivity index is 3.25. The predicted octanol–water partition coefficient (Wildman–Crippen LogP) is 1.32. The van der Waals surface area contributed by atoms with Crippen molar-refractivity contribution in [3.8, 4) is 0 Å². The molecule has 3 heteroatoms. The molecule has 1 aromatic rings. The van der Waals surface area contributed by atoms with Crippen LogP contribution in [-0.2, 0) is 0 Å². The fraction of sp³-hybridized carbons (Fsp3) is 0.0909. The Labute approximate surface area is 81.7 Å². The molecular formula is C11H10O3. The van der Waals surface area contributed by atoms with Gasteiger partial charge in [0.05, 0.1) is 6.61 Å². The Morgan fingerprint density at radius 3 is 2.14 bits per heavy atom. The van der Waals surface area contributed by atoms with Crippen molar-refractivity contribution in [1.29, 1.82) is 0 Å². The molecule has 0 aromatic heterocycles. The first kappa shape index (κ1) is 10.3. The van der Waals surface area contributed by atoms with Crippen LogP contribution in [0.25, 0.3) is 6.08 Å². The number of carbonyl (C=O) groups is 2. The first-order valence-corrected chi connectivity index (χ1v) is 4.14. The van der Waals surface area contributed by atoms with Gasteiger partial charge < -0.3 is 5.11 Å². The van der Waals surface area contributed by atoms with Crippen molar-refractivity contribution in [3.05, 3.63) is 41.0 Å². The van der Waals surface area contributed by atoms with Crippen LogP contribution in [0.4, 0.5) is 0 Å². The number of carbonyl (C=O) groups excluding carboxylic acids is 2. The lowest BCUT2D eigenvalue weighted by Gasteiger charge is -2.01. The summed E-state index contributed by atoms with van der Waals surface area (Å²) in [6.07, 6.45) is 4.41. The second kappa shape index (κ2) is 5.09. The van der Waals surface area contributed by atoms with Gasteiger partial charge in [-0.2, -0.15) is 0 Å². The summed E-state index contributed by atoms with van der Waals surface area (Å²) >= 11 is 0. The molecule has 0 amide bonds. The summed E-state index contributed by atoms with van der Waals surface area (Å²) < 4.78 is 0. The highest BCUT2D eigenvalue weighted by molar-refractivity contribution is 5.90. The zero-order valence-electron chi connectivity index (χ0n) is 7.51. The Bertz CT molecular complexity index is 341. The highest BCUT2D eigenvalue weighted by atomic mass is 16.2. The average Bonchev–Trinajstić information content (AvgIpc) is 2.25. The van der Waals surface area contributed by atoms with Gasteiger partial charge in [0.1, 0.15) is 0 Å². The molecule has 0 aliphatic rings. The van der Waals surface area contributed by atoms with E-state index in [1.54, 1.807) is 24.3 Å². The van der Waals surface area contributed by atoms with Crippen LogP contribution >= 0.6 is 0 Å². The summed E-state index contributed by atoms with van der Waals surface area (Å²) in [6, 6.07) is 4.89. The van der Waals surface area contributed by atoms with Crippen molar-refractivity contribution in [2.24, 2.45) is 0 Å². The maximum absolute atomic E-state index is 10.6. The second-order valence-corrected chi connectivity index (χ2v) is 2.67. The Hall–Kier alpha value is -1.74. The van der Waals surface area contributed by atoms with Gasteiger partial charge in [-0.15, -0.1) is 0 Å². The molecule has 72 valence electrons. The van der Waals surface area contributed by atoms with Crippen molar-refractivity contribution >= 4 is 18.6 Å². The molecule has 0 unspecified atom stereocenters. The minimum absolute atomic E-state index is 0.120. The highest BCUT2D eigenvalue weighted by Crippen LogP contribution is 2.13. The van der Waals surface area contributed by atoms with Crippen molar-refractivity contribution in [1.82, 2.24) is 0 Å². The summed E-state index contributed by atoms with van der Waals surface area (Å²) in [5.41, 5.74) is 1.44. The van der Waals surface area contributed by atoms with Crippen LogP contribution in [0.15, 0.2) is 24.3 Å².